The molecule has 2 unspecified atom stereocenters. The lowest BCUT2D eigenvalue weighted by Gasteiger charge is -2.33. The lowest BCUT2D eigenvalue weighted by atomic mass is 9.88. The van der Waals surface area contributed by atoms with Gasteiger partial charge >= 0.3 is 0 Å². The number of ether oxygens (including phenoxy) is 1. The molecule has 1 aromatic rings. The molecule has 4 nitrogen and oxygen atoms in total. The van der Waals surface area contributed by atoms with Crippen LogP contribution in [0.5, 0.6) is 5.75 Å². The maximum Gasteiger partial charge on any atom is 0.223 e. The SMILES string of the molecule is COc1ccc(C(CC(=O)N2CCCC(CO)C2)C2CC2)cc1C. The molecule has 2 atom stereocenters. The Hall–Kier alpha value is -1.55. The van der Waals surface area contributed by atoms with E-state index in [0.29, 0.717) is 24.8 Å². The number of methoxy groups -OCH3 is 1. The number of amides is 1. The Morgan fingerprint density at radius 1 is 1.38 bits per heavy atom. The maximum absolute atomic E-state index is 12.8. The summed E-state index contributed by atoms with van der Waals surface area (Å²) in [7, 11) is 1.69. The van der Waals surface area contributed by atoms with Crippen LogP contribution in [-0.4, -0.2) is 42.7 Å². The predicted octanol–water partition coefficient (Wildman–Crippen LogP) is 3.12. The fourth-order valence-electron chi connectivity index (χ4n) is 3.95. The second kappa shape index (κ2) is 7.56. The normalized spacial score (nSPS) is 22.3. The Kier molecular flexibility index (Phi) is 5.44. The van der Waals surface area contributed by atoms with Crippen molar-refractivity contribution in [3.05, 3.63) is 29.3 Å². The summed E-state index contributed by atoms with van der Waals surface area (Å²) in [5.74, 6) is 2.36. The van der Waals surface area contributed by atoms with Gasteiger partial charge in [0.25, 0.3) is 0 Å². The van der Waals surface area contributed by atoms with Gasteiger partial charge in [-0.15, -0.1) is 0 Å². The van der Waals surface area contributed by atoms with E-state index >= 15 is 0 Å². The summed E-state index contributed by atoms with van der Waals surface area (Å²) in [5.41, 5.74) is 2.39. The minimum atomic E-state index is 0.188. The van der Waals surface area contributed by atoms with E-state index in [9.17, 15) is 9.90 Å². The predicted molar refractivity (Wildman–Crippen MR) is 94.2 cm³/mol. The third-order valence-electron chi connectivity index (χ3n) is 5.56. The summed E-state index contributed by atoms with van der Waals surface area (Å²) >= 11 is 0. The first kappa shape index (κ1) is 17.3. The number of aliphatic hydroxyl groups excluding tert-OH is 1. The van der Waals surface area contributed by atoms with Gasteiger partial charge in [-0.1, -0.05) is 12.1 Å². The highest BCUT2D eigenvalue weighted by Gasteiger charge is 2.35. The monoisotopic (exact) mass is 331 g/mol. The van der Waals surface area contributed by atoms with Crippen molar-refractivity contribution in [3.63, 3.8) is 0 Å². The minimum Gasteiger partial charge on any atom is -0.496 e. The molecular weight excluding hydrogens is 302 g/mol. The van der Waals surface area contributed by atoms with Crippen LogP contribution < -0.4 is 4.74 Å². The van der Waals surface area contributed by atoms with Gasteiger partial charge in [0.2, 0.25) is 5.91 Å². The number of carbonyl (C=O) groups excluding carboxylic acids is 1. The number of benzene rings is 1. The van der Waals surface area contributed by atoms with E-state index in [4.69, 9.17) is 4.74 Å². The summed E-state index contributed by atoms with van der Waals surface area (Å²) in [6.07, 6.45) is 5.08. The van der Waals surface area contributed by atoms with Crippen LogP contribution >= 0.6 is 0 Å². The number of likely N-dealkylation sites (tertiary alicyclic amines) is 1. The first-order valence-corrected chi connectivity index (χ1v) is 9.15. The molecule has 1 saturated heterocycles. The summed E-state index contributed by atoms with van der Waals surface area (Å²) in [5, 5.41) is 9.38. The van der Waals surface area contributed by atoms with E-state index < -0.39 is 0 Å². The van der Waals surface area contributed by atoms with Crippen LogP contribution in [-0.2, 0) is 4.79 Å². The van der Waals surface area contributed by atoms with Crippen molar-refractivity contribution in [3.8, 4) is 5.75 Å². The molecule has 0 spiro atoms. The number of aryl methyl sites for hydroxylation is 1. The molecule has 24 heavy (non-hydrogen) atoms. The second-order valence-electron chi connectivity index (χ2n) is 7.41. The van der Waals surface area contributed by atoms with E-state index in [2.05, 4.69) is 19.1 Å². The summed E-state index contributed by atoms with van der Waals surface area (Å²) in [4.78, 5) is 14.8. The number of carbonyl (C=O) groups is 1. The smallest absolute Gasteiger partial charge is 0.223 e. The number of hydrogen-bond donors (Lipinski definition) is 1. The topological polar surface area (TPSA) is 49.8 Å². The van der Waals surface area contributed by atoms with Crippen LogP contribution in [0.3, 0.4) is 0 Å². The third kappa shape index (κ3) is 3.92. The van der Waals surface area contributed by atoms with E-state index in [1.807, 2.05) is 11.0 Å². The molecule has 2 fully saturated rings. The van der Waals surface area contributed by atoms with E-state index in [1.165, 1.54) is 18.4 Å². The van der Waals surface area contributed by atoms with Crippen LogP contribution in [0.25, 0.3) is 0 Å². The lowest BCUT2D eigenvalue weighted by molar-refractivity contribution is -0.133. The fourth-order valence-corrected chi connectivity index (χ4v) is 3.95. The van der Waals surface area contributed by atoms with Crippen LogP contribution in [0.2, 0.25) is 0 Å². The van der Waals surface area contributed by atoms with Crippen LogP contribution in [0.1, 0.15) is 49.1 Å². The highest BCUT2D eigenvalue weighted by molar-refractivity contribution is 5.77. The standard InChI is InChI=1S/C20H29NO3/c1-14-10-17(7-8-19(14)24-2)18(16-5-6-16)11-20(23)21-9-3-4-15(12-21)13-22/h7-8,10,15-16,18,22H,3-6,9,11-13H2,1-2H3. The van der Waals surface area contributed by atoms with Crippen molar-refractivity contribution in [1.82, 2.24) is 4.90 Å². The van der Waals surface area contributed by atoms with Crippen molar-refractivity contribution in [2.75, 3.05) is 26.8 Å². The quantitative estimate of drug-likeness (QED) is 0.871. The molecule has 1 amide bonds. The lowest BCUT2D eigenvalue weighted by Crippen LogP contribution is -2.41. The molecule has 4 heteroatoms. The van der Waals surface area contributed by atoms with Gasteiger partial charge in [0.15, 0.2) is 0 Å². The largest absolute Gasteiger partial charge is 0.496 e. The molecule has 3 rings (SSSR count). The number of hydrogen-bond acceptors (Lipinski definition) is 3. The second-order valence-corrected chi connectivity index (χ2v) is 7.41. The highest BCUT2D eigenvalue weighted by atomic mass is 16.5. The molecule has 1 aromatic carbocycles. The molecule has 0 aromatic heterocycles. The van der Waals surface area contributed by atoms with E-state index in [1.54, 1.807) is 7.11 Å². The number of piperidine rings is 1. The Bertz CT molecular complexity index is 582. The molecule has 132 valence electrons. The Labute approximate surface area is 144 Å². The number of aliphatic hydroxyl groups is 1. The zero-order valence-corrected chi connectivity index (χ0v) is 14.8. The molecule has 1 heterocycles. The molecule has 1 aliphatic heterocycles. The van der Waals surface area contributed by atoms with E-state index in [0.717, 1.165) is 30.7 Å². The van der Waals surface area contributed by atoms with Crippen molar-refractivity contribution in [1.29, 1.82) is 0 Å². The third-order valence-corrected chi connectivity index (χ3v) is 5.56. The van der Waals surface area contributed by atoms with Gasteiger partial charge in [-0.3, -0.25) is 4.79 Å². The minimum absolute atomic E-state index is 0.188. The van der Waals surface area contributed by atoms with E-state index in [-0.39, 0.29) is 18.4 Å². The number of nitrogens with zero attached hydrogens (tertiary/aromatic N) is 1. The van der Waals surface area contributed by atoms with Gasteiger partial charge in [-0.2, -0.15) is 0 Å². The van der Waals surface area contributed by atoms with Gasteiger partial charge in [-0.05, 0) is 67.6 Å². The maximum atomic E-state index is 12.8. The van der Waals surface area contributed by atoms with Gasteiger partial charge in [-0.25, -0.2) is 0 Å². The van der Waals surface area contributed by atoms with Gasteiger partial charge < -0.3 is 14.7 Å². The molecule has 2 aliphatic rings. The van der Waals surface area contributed by atoms with Crippen molar-refractivity contribution in [2.24, 2.45) is 11.8 Å². The first-order valence-electron chi connectivity index (χ1n) is 9.15. The molecular formula is C20H29NO3. The van der Waals surface area contributed by atoms with Gasteiger partial charge in [0, 0.05) is 26.1 Å². The molecule has 0 radical (unpaired) electrons. The Morgan fingerprint density at radius 2 is 2.17 bits per heavy atom. The number of rotatable bonds is 6. The molecule has 1 aliphatic carbocycles. The van der Waals surface area contributed by atoms with Crippen molar-refractivity contribution in [2.45, 2.75) is 44.9 Å². The van der Waals surface area contributed by atoms with Gasteiger partial charge in [0.1, 0.15) is 5.75 Å². The first-order chi connectivity index (χ1) is 11.6. The Balaban J connectivity index is 1.70. The van der Waals surface area contributed by atoms with Crippen molar-refractivity contribution < 1.29 is 14.6 Å². The van der Waals surface area contributed by atoms with Crippen LogP contribution in [0, 0.1) is 18.8 Å². The molecule has 1 N–H and O–H groups in total. The molecule has 0 bridgehead atoms. The van der Waals surface area contributed by atoms with Gasteiger partial charge in [0.05, 0.1) is 7.11 Å². The zero-order chi connectivity index (χ0) is 17.1. The highest BCUT2D eigenvalue weighted by Crippen LogP contribution is 2.45. The Morgan fingerprint density at radius 3 is 2.79 bits per heavy atom. The van der Waals surface area contributed by atoms with Crippen molar-refractivity contribution >= 4 is 5.91 Å². The molecule has 1 saturated carbocycles. The van der Waals surface area contributed by atoms with Crippen LogP contribution in [0.15, 0.2) is 18.2 Å². The zero-order valence-electron chi connectivity index (χ0n) is 14.8. The summed E-state index contributed by atoms with van der Waals surface area (Å²) in [6, 6.07) is 6.32. The average molecular weight is 331 g/mol. The average Bonchev–Trinajstić information content (AvgIpc) is 3.44. The summed E-state index contributed by atoms with van der Waals surface area (Å²) in [6.45, 7) is 3.81. The van der Waals surface area contributed by atoms with Crippen LogP contribution in [0.4, 0.5) is 0 Å². The fraction of sp³-hybridized carbons (Fsp3) is 0.650. The summed E-state index contributed by atoms with van der Waals surface area (Å²) < 4.78 is 5.36.